The number of ether oxygens (including phenoxy) is 1. The smallest absolute Gasteiger partial charge is 0.324 e. The molecule has 3 rings (SSSR count). The molecular formula is C16H21NO3. The van der Waals surface area contributed by atoms with E-state index in [4.69, 9.17) is 4.74 Å². The van der Waals surface area contributed by atoms with Crippen LogP contribution in [-0.4, -0.2) is 34.7 Å². The summed E-state index contributed by atoms with van der Waals surface area (Å²) in [7, 11) is 0. The van der Waals surface area contributed by atoms with Crippen molar-refractivity contribution in [3.8, 4) is 5.75 Å². The summed E-state index contributed by atoms with van der Waals surface area (Å²) in [5.74, 6) is 0.303. The second-order valence-electron chi connectivity index (χ2n) is 5.76. The predicted octanol–water partition coefficient (Wildman–Crippen LogP) is 2.45. The number of carboxylic acids is 1. The molecule has 4 nitrogen and oxygen atoms in total. The van der Waals surface area contributed by atoms with Crippen molar-refractivity contribution in [2.45, 2.75) is 44.7 Å². The van der Waals surface area contributed by atoms with Gasteiger partial charge in [0.15, 0.2) is 0 Å². The molecule has 1 N–H and O–H groups in total. The van der Waals surface area contributed by atoms with Crippen molar-refractivity contribution in [2.24, 2.45) is 0 Å². The molecule has 108 valence electrons. The summed E-state index contributed by atoms with van der Waals surface area (Å²) in [5, 5.41) is 9.61. The van der Waals surface area contributed by atoms with E-state index in [0.717, 1.165) is 38.2 Å². The van der Waals surface area contributed by atoms with Gasteiger partial charge in [-0.2, -0.15) is 0 Å². The number of benzene rings is 1. The Morgan fingerprint density at radius 3 is 3.10 bits per heavy atom. The van der Waals surface area contributed by atoms with Crippen LogP contribution in [0, 0.1) is 0 Å². The number of hydrogen-bond acceptors (Lipinski definition) is 3. The van der Waals surface area contributed by atoms with Crippen LogP contribution in [0.4, 0.5) is 0 Å². The predicted molar refractivity (Wildman–Crippen MR) is 75.9 cm³/mol. The quantitative estimate of drug-likeness (QED) is 0.917. The van der Waals surface area contributed by atoms with E-state index in [0.29, 0.717) is 13.0 Å². The lowest BCUT2D eigenvalue weighted by atomic mass is 9.92. The summed E-state index contributed by atoms with van der Waals surface area (Å²) in [5.41, 5.74) is 1.77. The minimum Gasteiger partial charge on any atom is -0.493 e. The molecule has 1 saturated heterocycles. The van der Waals surface area contributed by atoms with Crippen molar-refractivity contribution in [1.82, 2.24) is 4.90 Å². The number of aliphatic carboxylic acids is 1. The lowest BCUT2D eigenvalue weighted by molar-refractivity contribution is -0.150. The summed E-state index contributed by atoms with van der Waals surface area (Å²) in [6, 6.07) is 6.25. The van der Waals surface area contributed by atoms with Crippen molar-refractivity contribution in [1.29, 1.82) is 0 Å². The molecule has 1 atom stereocenters. The highest BCUT2D eigenvalue weighted by Gasteiger charge is 2.45. The van der Waals surface area contributed by atoms with Gasteiger partial charge in [-0.3, -0.25) is 9.69 Å². The lowest BCUT2D eigenvalue weighted by Gasteiger charge is -2.34. The Kier molecular flexibility index (Phi) is 3.42. The van der Waals surface area contributed by atoms with Gasteiger partial charge in [0.2, 0.25) is 0 Å². The van der Waals surface area contributed by atoms with Gasteiger partial charge >= 0.3 is 5.97 Å². The van der Waals surface area contributed by atoms with Gasteiger partial charge in [0.25, 0.3) is 0 Å². The molecule has 0 radical (unpaired) electrons. The third-order valence-electron chi connectivity index (χ3n) is 4.73. The number of hydrogen-bond donors (Lipinski definition) is 1. The zero-order chi connectivity index (χ0) is 14.2. The van der Waals surface area contributed by atoms with E-state index < -0.39 is 11.5 Å². The lowest BCUT2D eigenvalue weighted by Crippen LogP contribution is -2.49. The van der Waals surface area contributed by atoms with Crippen LogP contribution < -0.4 is 4.74 Å². The van der Waals surface area contributed by atoms with Crippen molar-refractivity contribution in [3.63, 3.8) is 0 Å². The number of rotatable bonds is 4. The van der Waals surface area contributed by atoms with E-state index >= 15 is 0 Å². The summed E-state index contributed by atoms with van der Waals surface area (Å²) < 4.78 is 5.52. The first-order valence-electron chi connectivity index (χ1n) is 7.39. The van der Waals surface area contributed by atoms with Crippen molar-refractivity contribution in [3.05, 3.63) is 29.3 Å². The van der Waals surface area contributed by atoms with Crippen molar-refractivity contribution >= 4 is 5.97 Å². The Morgan fingerprint density at radius 2 is 2.35 bits per heavy atom. The molecule has 0 bridgehead atoms. The van der Waals surface area contributed by atoms with Gasteiger partial charge in [-0.1, -0.05) is 19.1 Å². The Balaban J connectivity index is 1.81. The molecule has 0 spiro atoms. The topological polar surface area (TPSA) is 49.8 Å². The van der Waals surface area contributed by atoms with E-state index in [1.54, 1.807) is 0 Å². The summed E-state index contributed by atoms with van der Waals surface area (Å²) in [6.45, 7) is 4.32. The van der Waals surface area contributed by atoms with Crippen molar-refractivity contribution in [2.75, 3.05) is 13.2 Å². The number of fused-ring (bicyclic) bond motifs is 1. The molecule has 2 aliphatic rings. The van der Waals surface area contributed by atoms with Crippen LogP contribution in [0.2, 0.25) is 0 Å². The van der Waals surface area contributed by atoms with E-state index in [9.17, 15) is 9.90 Å². The minimum atomic E-state index is -0.679. The van der Waals surface area contributed by atoms with Crippen molar-refractivity contribution < 1.29 is 14.6 Å². The number of likely N-dealkylation sites (tertiary alicyclic amines) is 1. The first-order chi connectivity index (χ1) is 9.65. The maximum Gasteiger partial charge on any atom is 0.324 e. The van der Waals surface area contributed by atoms with Crippen LogP contribution in [-0.2, 0) is 17.8 Å². The maximum absolute atomic E-state index is 11.7. The molecule has 0 aliphatic carbocycles. The standard InChI is InChI=1S/C16H21NO3/c1-2-16(15(18)19)7-3-8-17(16)11-12-4-5-14-13(10-12)6-9-20-14/h4-5,10H,2-3,6-9,11H2,1H3,(H,18,19). The molecule has 1 fully saturated rings. The highest BCUT2D eigenvalue weighted by atomic mass is 16.5. The number of nitrogens with zero attached hydrogens (tertiary/aromatic N) is 1. The first kappa shape index (κ1) is 13.4. The first-order valence-corrected chi connectivity index (χ1v) is 7.39. The van der Waals surface area contributed by atoms with E-state index in [1.807, 2.05) is 13.0 Å². The molecule has 1 aromatic carbocycles. The number of carbonyl (C=O) groups is 1. The normalized spacial score (nSPS) is 25.4. The molecule has 1 unspecified atom stereocenters. The average Bonchev–Trinajstić information content (AvgIpc) is 3.05. The Labute approximate surface area is 119 Å². The molecule has 2 aliphatic heterocycles. The van der Waals surface area contributed by atoms with Gasteiger partial charge in [-0.15, -0.1) is 0 Å². The molecule has 0 saturated carbocycles. The van der Waals surface area contributed by atoms with Gasteiger partial charge in [0, 0.05) is 13.0 Å². The molecule has 0 aromatic heterocycles. The maximum atomic E-state index is 11.7. The molecule has 2 heterocycles. The second kappa shape index (κ2) is 5.09. The second-order valence-corrected chi connectivity index (χ2v) is 5.76. The fourth-order valence-corrected chi connectivity index (χ4v) is 3.52. The fraction of sp³-hybridized carbons (Fsp3) is 0.562. The van der Waals surface area contributed by atoms with Crippen LogP contribution >= 0.6 is 0 Å². The van der Waals surface area contributed by atoms with Crippen LogP contribution in [0.25, 0.3) is 0 Å². The Hall–Kier alpha value is -1.55. The van der Waals surface area contributed by atoms with E-state index in [-0.39, 0.29) is 0 Å². The molecular weight excluding hydrogens is 254 g/mol. The molecule has 1 aromatic rings. The van der Waals surface area contributed by atoms with E-state index in [2.05, 4.69) is 17.0 Å². The largest absolute Gasteiger partial charge is 0.493 e. The zero-order valence-corrected chi connectivity index (χ0v) is 11.9. The van der Waals surface area contributed by atoms with Gasteiger partial charge in [-0.25, -0.2) is 0 Å². The van der Waals surface area contributed by atoms with Crippen LogP contribution in [0.5, 0.6) is 5.75 Å². The Morgan fingerprint density at radius 1 is 1.50 bits per heavy atom. The van der Waals surface area contributed by atoms with Crippen LogP contribution in [0.3, 0.4) is 0 Å². The molecule has 0 amide bonds. The number of carboxylic acid groups (broad SMARTS) is 1. The highest BCUT2D eigenvalue weighted by Crippen LogP contribution is 2.35. The average molecular weight is 275 g/mol. The summed E-state index contributed by atoms with van der Waals surface area (Å²) in [4.78, 5) is 13.8. The summed E-state index contributed by atoms with van der Waals surface area (Å²) in [6.07, 6.45) is 3.35. The molecule has 20 heavy (non-hydrogen) atoms. The van der Waals surface area contributed by atoms with Gasteiger partial charge in [0.1, 0.15) is 11.3 Å². The third-order valence-corrected chi connectivity index (χ3v) is 4.73. The monoisotopic (exact) mass is 275 g/mol. The fourth-order valence-electron chi connectivity index (χ4n) is 3.52. The zero-order valence-electron chi connectivity index (χ0n) is 11.9. The van der Waals surface area contributed by atoms with Gasteiger partial charge < -0.3 is 9.84 Å². The third kappa shape index (κ3) is 2.08. The van der Waals surface area contributed by atoms with Gasteiger partial charge in [0.05, 0.1) is 6.61 Å². The van der Waals surface area contributed by atoms with E-state index in [1.165, 1.54) is 11.1 Å². The SMILES string of the molecule is CCC1(C(=O)O)CCCN1Cc1ccc2c(c1)CCO2. The summed E-state index contributed by atoms with van der Waals surface area (Å²) >= 11 is 0. The van der Waals surface area contributed by atoms with Crippen LogP contribution in [0.1, 0.15) is 37.3 Å². The van der Waals surface area contributed by atoms with Gasteiger partial charge in [-0.05, 0) is 43.0 Å². The molecule has 4 heteroatoms. The minimum absolute atomic E-state index is 0.663. The highest BCUT2D eigenvalue weighted by molar-refractivity contribution is 5.79. The van der Waals surface area contributed by atoms with Crippen LogP contribution in [0.15, 0.2) is 18.2 Å². The Bertz CT molecular complexity index is 528.